The molecule has 2 N–H and O–H groups in total. The van der Waals surface area contributed by atoms with Gasteiger partial charge in [0.2, 0.25) is 0 Å². The molecule has 0 radical (unpaired) electrons. The number of nitrogens with two attached hydrogens (primary N) is 1. The minimum atomic E-state index is 0.163. The van der Waals surface area contributed by atoms with Crippen molar-refractivity contribution >= 4 is 5.82 Å². The van der Waals surface area contributed by atoms with Crippen LogP contribution in [0.1, 0.15) is 26.7 Å². The summed E-state index contributed by atoms with van der Waals surface area (Å²) in [4.78, 5) is 6.66. The minimum absolute atomic E-state index is 0.163. The van der Waals surface area contributed by atoms with Crippen LogP contribution >= 0.6 is 0 Å². The molecule has 0 bridgehead atoms. The third-order valence-corrected chi connectivity index (χ3v) is 2.87. The van der Waals surface area contributed by atoms with Crippen molar-refractivity contribution in [1.82, 2.24) is 4.98 Å². The summed E-state index contributed by atoms with van der Waals surface area (Å²) in [5.74, 6) is 1.79. The van der Waals surface area contributed by atoms with E-state index in [0.29, 0.717) is 0 Å². The smallest absolute Gasteiger partial charge is 0.171 e. The van der Waals surface area contributed by atoms with Crippen molar-refractivity contribution in [3.63, 3.8) is 0 Å². The number of nitrogens with zero attached hydrogens (tertiary/aromatic N) is 2. The van der Waals surface area contributed by atoms with Crippen molar-refractivity contribution in [3.05, 3.63) is 18.3 Å². The lowest BCUT2D eigenvalue weighted by Gasteiger charge is -2.32. The molecule has 1 atom stereocenters. The third kappa shape index (κ3) is 3.09. The van der Waals surface area contributed by atoms with Gasteiger partial charge in [-0.25, -0.2) is 4.98 Å². The summed E-state index contributed by atoms with van der Waals surface area (Å²) >= 11 is 0. The summed E-state index contributed by atoms with van der Waals surface area (Å²) in [6, 6.07) is 4.13. The van der Waals surface area contributed by atoms with E-state index in [1.807, 2.05) is 32.2 Å². The quantitative estimate of drug-likeness (QED) is 0.868. The number of hydrogen-bond acceptors (Lipinski definition) is 4. The van der Waals surface area contributed by atoms with Crippen LogP contribution in [0.2, 0.25) is 0 Å². The van der Waals surface area contributed by atoms with E-state index in [1.165, 1.54) is 0 Å². The Morgan fingerprint density at radius 3 is 3.06 bits per heavy atom. The molecule has 0 saturated carbocycles. The first-order chi connectivity index (χ1) is 8.16. The average Bonchev–Trinajstić information content (AvgIpc) is 2.29. The highest BCUT2D eigenvalue weighted by Crippen LogP contribution is 2.28. The van der Waals surface area contributed by atoms with Gasteiger partial charge >= 0.3 is 0 Å². The molecule has 1 saturated heterocycles. The molecular formula is C13H21N3O. The maximum atomic E-state index is 6.00. The van der Waals surface area contributed by atoms with Crippen LogP contribution in [-0.2, 0) is 0 Å². The Morgan fingerprint density at radius 1 is 1.53 bits per heavy atom. The molecule has 1 unspecified atom stereocenters. The van der Waals surface area contributed by atoms with E-state index in [9.17, 15) is 0 Å². The van der Waals surface area contributed by atoms with E-state index in [2.05, 4.69) is 9.88 Å². The zero-order chi connectivity index (χ0) is 12.3. The van der Waals surface area contributed by atoms with E-state index in [4.69, 9.17) is 10.5 Å². The lowest BCUT2D eigenvalue weighted by atomic mass is 10.1. The fourth-order valence-electron chi connectivity index (χ4n) is 2.17. The largest absolute Gasteiger partial charge is 0.487 e. The molecule has 2 rings (SSSR count). The molecule has 94 valence electrons. The van der Waals surface area contributed by atoms with Gasteiger partial charge in [-0.15, -0.1) is 0 Å². The summed E-state index contributed by atoms with van der Waals surface area (Å²) in [5, 5.41) is 0. The van der Waals surface area contributed by atoms with Crippen molar-refractivity contribution in [2.75, 3.05) is 18.0 Å². The third-order valence-electron chi connectivity index (χ3n) is 2.87. The molecule has 17 heavy (non-hydrogen) atoms. The van der Waals surface area contributed by atoms with Crippen LogP contribution in [-0.4, -0.2) is 30.2 Å². The molecule has 1 aromatic heterocycles. The van der Waals surface area contributed by atoms with Crippen molar-refractivity contribution in [3.8, 4) is 5.75 Å². The Labute approximate surface area is 103 Å². The minimum Gasteiger partial charge on any atom is -0.487 e. The lowest BCUT2D eigenvalue weighted by Crippen LogP contribution is -2.43. The Kier molecular flexibility index (Phi) is 3.84. The van der Waals surface area contributed by atoms with E-state index in [-0.39, 0.29) is 12.1 Å². The number of piperidine rings is 1. The standard InChI is InChI=1S/C13H21N3O/c1-10(2)17-12-6-3-7-15-13(12)16-8-4-5-11(14)9-16/h3,6-7,10-11H,4-5,8-9,14H2,1-2H3. The Balaban J connectivity index is 2.18. The molecule has 1 aromatic rings. The highest BCUT2D eigenvalue weighted by Gasteiger charge is 2.20. The van der Waals surface area contributed by atoms with Crippen LogP contribution in [0.3, 0.4) is 0 Å². The van der Waals surface area contributed by atoms with Crippen LogP contribution in [0.15, 0.2) is 18.3 Å². The van der Waals surface area contributed by atoms with Crippen molar-refractivity contribution in [1.29, 1.82) is 0 Å². The fraction of sp³-hybridized carbons (Fsp3) is 0.615. The molecule has 1 fully saturated rings. The summed E-state index contributed by atoms with van der Waals surface area (Å²) in [7, 11) is 0. The zero-order valence-electron chi connectivity index (χ0n) is 10.6. The number of anilines is 1. The lowest BCUT2D eigenvalue weighted by molar-refractivity contribution is 0.241. The van der Waals surface area contributed by atoms with E-state index < -0.39 is 0 Å². The predicted molar refractivity (Wildman–Crippen MR) is 69.4 cm³/mol. The molecule has 0 spiro atoms. The van der Waals surface area contributed by atoms with Crippen molar-refractivity contribution in [2.45, 2.75) is 38.8 Å². The molecule has 1 aliphatic heterocycles. The van der Waals surface area contributed by atoms with Crippen LogP contribution in [0.4, 0.5) is 5.82 Å². The first kappa shape index (κ1) is 12.2. The highest BCUT2D eigenvalue weighted by molar-refractivity contribution is 5.52. The van der Waals surface area contributed by atoms with Crippen LogP contribution in [0.25, 0.3) is 0 Å². The van der Waals surface area contributed by atoms with Gasteiger partial charge in [-0.1, -0.05) is 0 Å². The van der Waals surface area contributed by atoms with E-state index in [0.717, 1.165) is 37.5 Å². The summed E-state index contributed by atoms with van der Waals surface area (Å²) < 4.78 is 5.79. The summed E-state index contributed by atoms with van der Waals surface area (Å²) in [6.07, 6.45) is 4.20. The van der Waals surface area contributed by atoms with Crippen LogP contribution in [0.5, 0.6) is 5.75 Å². The molecule has 4 nitrogen and oxygen atoms in total. The van der Waals surface area contributed by atoms with Gasteiger partial charge < -0.3 is 15.4 Å². The topological polar surface area (TPSA) is 51.4 Å². The first-order valence-electron chi connectivity index (χ1n) is 6.29. The molecule has 1 aliphatic rings. The predicted octanol–water partition coefficient (Wildman–Crippen LogP) is 1.80. The molecule has 0 aliphatic carbocycles. The zero-order valence-corrected chi connectivity index (χ0v) is 10.6. The van der Waals surface area contributed by atoms with Crippen molar-refractivity contribution < 1.29 is 4.74 Å². The Hall–Kier alpha value is -1.29. The molecule has 4 heteroatoms. The van der Waals surface area contributed by atoms with Crippen molar-refractivity contribution in [2.24, 2.45) is 5.73 Å². The summed E-state index contributed by atoms with van der Waals surface area (Å²) in [5.41, 5.74) is 6.00. The molecule has 0 aromatic carbocycles. The van der Waals surface area contributed by atoms with E-state index in [1.54, 1.807) is 0 Å². The van der Waals surface area contributed by atoms with Gasteiger partial charge in [0.1, 0.15) is 0 Å². The van der Waals surface area contributed by atoms with E-state index >= 15 is 0 Å². The van der Waals surface area contributed by atoms with Crippen LogP contribution in [0, 0.1) is 0 Å². The van der Waals surface area contributed by atoms with Crippen LogP contribution < -0.4 is 15.4 Å². The average molecular weight is 235 g/mol. The number of pyridine rings is 1. The van der Waals surface area contributed by atoms with Gasteiger partial charge in [-0.05, 0) is 38.8 Å². The SMILES string of the molecule is CC(C)Oc1cccnc1N1CCCC(N)C1. The highest BCUT2D eigenvalue weighted by atomic mass is 16.5. The van der Waals surface area contributed by atoms with Gasteiger partial charge in [0.25, 0.3) is 0 Å². The maximum Gasteiger partial charge on any atom is 0.171 e. The summed E-state index contributed by atoms with van der Waals surface area (Å²) in [6.45, 7) is 5.93. The Morgan fingerprint density at radius 2 is 2.35 bits per heavy atom. The number of aromatic nitrogens is 1. The van der Waals surface area contributed by atoms with Gasteiger partial charge in [0.05, 0.1) is 6.10 Å². The van der Waals surface area contributed by atoms with Gasteiger partial charge in [0, 0.05) is 25.3 Å². The number of hydrogen-bond donors (Lipinski definition) is 1. The number of ether oxygens (including phenoxy) is 1. The molecule has 0 amide bonds. The maximum absolute atomic E-state index is 6.00. The number of rotatable bonds is 3. The Bertz CT molecular complexity index is 367. The second kappa shape index (κ2) is 5.36. The normalized spacial score (nSPS) is 20.7. The monoisotopic (exact) mass is 235 g/mol. The first-order valence-corrected chi connectivity index (χ1v) is 6.29. The van der Waals surface area contributed by atoms with Gasteiger partial charge in [-0.2, -0.15) is 0 Å². The van der Waals surface area contributed by atoms with Gasteiger partial charge in [-0.3, -0.25) is 0 Å². The van der Waals surface area contributed by atoms with Gasteiger partial charge in [0.15, 0.2) is 11.6 Å². The fourth-order valence-corrected chi connectivity index (χ4v) is 2.17. The molecular weight excluding hydrogens is 214 g/mol. The second-order valence-corrected chi connectivity index (χ2v) is 4.84. The second-order valence-electron chi connectivity index (χ2n) is 4.84. The molecule has 2 heterocycles.